The van der Waals surface area contributed by atoms with Gasteiger partial charge in [0.15, 0.2) is 0 Å². The van der Waals surface area contributed by atoms with Crippen molar-refractivity contribution < 1.29 is 9.59 Å². The van der Waals surface area contributed by atoms with Crippen LogP contribution in [-0.2, 0) is 16.1 Å². The van der Waals surface area contributed by atoms with Crippen molar-refractivity contribution >= 4 is 11.8 Å². The summed E-state index contributed by atoms with van der Waals surface area (Å²) in [5.41, 5.74) is 1.07. The molecular weight excluding hydrogens is 318 g/mol. The minimum absolute atomic E-state index is 0.00554. The number of pyridine rings is 1. The maximum absolute atomic E-state index is 13.1. The Labute approximate surface area is 148 Å². The Morgan fingerprint density at radius 2 is 2.04 bits per heavy atom. The third-order valence-electron chi connectivity index (χ3n) is 5.63. The van der Waals surface area contributed by atoms with Crippen LogP contribution in [0.25, 0.3) is 0 Å². The first kappa shape index (κ1) is 17.7. The molecule has 3 heterocycles. The van der Waals surface area contributed by atoms with E-state index in [0.717, 1.165) is 18.5 Å². The Kier molecular flexibility index (Phi) is 4.97. The molecule has 1 N–H and O–H groups in total. The number of piperidine rings is 1. The molecule has 6 heteroatoms. The molecule has 1 saturated heterocycles. The van der Waals surface area contributed by atoms with Crippen molar-refractivity contribution in [2.75, 3.05) is 13.1 Å². The molecule has 0 radical (unpaired) electrons. The SMILES string of the molecule is CC[C@H](C)[C@@H](NC(C)=O)C(=O)N1C[C@@H]2C[C@@H](C1)c1cccc(=O)n1C2. The highest BCUT2D eigenvalue weighted by molar-refractivity contribution is 5.87. The molecule has 0 spiro atoms. The van der Waals surface area contributed by atoms with E-state index in [1.54, 1.807) is 12.1 Å². The summed E-state index contributed by atoms with van der Waals surface area (Å²) in [6.45, 7) is 7.42. The van der Waals surface area contributed by atoms with E-state index in [9.17, 15) is 14.4 Å². The third kappa shape index (κ3) is 3.48. The second kappa shape index (κ2) is 7.02. The lowest BCUT2D eigenvalue weighted by Crippen LogP contribution is -2.56. The van der Waals surface area contributed by atoms with Gasteiger partial charge in [0.1, 0.15) is 6.04 Å². The Bertz CT molecular complexity index is 727. The predicted molar refractivity (Wildman–Crippen MR) is 95.2 cm³/mol. The van der Waals surface area contributed by atoms with Crippen LogP contribution >= 0.6 is 0 Å². The van der Waals surface area contributed by atoms with Gasteiger partial charge < -0.3 is 14.8 Å². The first-order valence-corrected chi connectivity index (χ1v) is 9.16. The molecule has 0 saturated carbocycles. The zero-order valence-electron chi connectivity index (χ0n) is 15.2. The van der Waals surface area contributed by atoms with E-state index in [0.29, 0.717) is 25.6 Å². The van der Waals surface area contributed by atoms with E-state index in [4.69, 9.17) is 0 Å². The van der Waals surface area contributed by atoms with Gasteiger partial charge in [0.05, 0.1) is 0 Å². The van der Waals surface area contributed by atoms with E-state index >= 15 is 0 Å². The lowest BCUT2D eigenvalue weighted by Gasteiger charge is -2.44. The molecule has 4 atom stereocenters. The molecule has 0 aliphatic carbocycles. The lowest BCUT2D eigenvalue weighted by molar-refractivity contribution is -0.140. The van der Waals surface area contributed by atoms with E-state index in [1.807, 2.05) is 29.4 Å². The second-order valence-corrected chi connectivity index (χ2v) is 7.51. The summed E-state index contributed by atoms with van der Waals surface area (Å²) in [6, 6.07) is 4.92. The van der Waals surface area contributed by atoms with Gasteiger partial charge >= 0.3 is 0 Å². The number of likely N-dealkylation sites (tertiary alicyclic amines) is 1. The van der Waals surface area contributed by atoms with E-state index in [-0.39, 0.29) is 29.2 Å². The van der Waals surface area contributed by atoms with Gasteiger partial charge in [-0.3, -0.25) is 14.4 Å². The molecule has 1 aromatic heterocycles. The summed E-state index contributed by atoms with van der Waals surface area (Å²) in [5.74, 6) is 0.414. The number of nitrogens with zero attached hydrogens (tertiary/aromatic N) is 2. The maximum Gasteiger partial charge on any atom is 0.250 e. The molecule has 2 amide bonds. The van der Waals surface area contributed by atoms with Crippen LogP contribution in [0.5, 0.6) is 0 Å². The average Bonchev–Trinajstić information content (AvgIpc) is 2.59. The Balaban J connectivity index is 1.82. The van der Waals surface area contributed by atoms with Crippen LogP contribution in [0.3, 0.4) is 0 Å². The number of carbonyl (C=O) groups is 2. The first-order valence-electron chi connectivity index (χ1n) is 9.16. The number of hydrogen-bond acceptors (Lipinski definition) is 3. The van der Waals surface area contributed by atoms with Crippen molar-refractivity contribution in [3.05, 3.63) is 34.2 Å². The van der Waals surface area contributed by atoms with Crippen molar-refractivity contribution in [1.29, 1.82) is 0 Å². The molecule has 2 bridgehead atoms. The van der Waals surface area contributed by atoms with Gasteiger partial charge in [-0.2, -0.15) is 0 Å². The van der Waals surface area contributed by atoms with Gasteiger partial charge in [-0.1, -0.05) is 26.3 Å². The Morgan fingerprint density at radius 1 is 1.28 bits per heavy atom. The van der Waals surface area contributed by atoms with Crippen LogP contribution in [-0.4, -0.2) is 40.4 Å². The van der Waals surface area contributed by atoms with Crippen LogP contribution < -0.4 is 10.9 Å². The second-order valence-electron chi connectivity index (χ2n) is 7.51. The fourth-order valence-corrected chi connectivity index (χ4v) is 4.18. The van der Waals surface area contributed by atoms with Crippen LogP contribution in [0, 0.1) is 11.8 Å². The van der Waals surface area contributed by atoms with Crippen LogP contribution in [0.4, 0.5) is 0 Å². The minimum atomic E-state index is -0.473. The number of rotatable bonds is 4. The standard InChI is InChI=1S/C19H27N3O3/c1-4-12(2)18(20-13(3)23)19(25)21-9-14-8-15(11-21)16-6-5-7-17(24)22(16)10-14/h5-7,12,14-15,18H,4,8-11H2,1-3H3,(H,20,23)/t12-,14-,15-,18+/m0/s1. The monoisotopic (exact) mass is 345 g/mol. The molecular formula is C19H27N3O3. The summed E-state index contributed by atoms with van der Waals surface area (Å²) in [7, 11) is 0. The Morgan fingerprint density at radius 3 is 2.72 bits per heavy atom. The summed E-state index contributed by atoms with van der Waals surface area (Å²) in [6.07, 6.45) is 1.84. The largest absolute Gasteiger partial charge is 0.344 e. The molecule has 3 rings (SSSR count). The van der Waals surface area contributed by atoms with Gasteiger partial charge in [0.25, 0.3) is 5.56 Å². The molecule has 1 aromatic rings. The highest BCUT2D eigenvalue weighted by atomic mass is 16.2. The molecule has 6 nitrogen and oxygen atoms in total. The van der Waals surface area contributed by atoms with Gasteiger partial charge in [0.2, 0.25) is 11.8 Å². The van der Waals surface area contributed by atoms with Gasteiger partial charge in [-0.15, -0.1) is 0 Å². The highest BCUT2D eigenvalue weighted by Gasteiger charge is 2.39. The molecule has 0 unspecified atom stereocenters. The normalized spacial score (nSPS) is 24.2. The predicted octanol–water partition coefficient (Wildman–Crippen LogP) is 1.34. The number of aromatic nitrogens is 1. The highest BCUT2D eigenvalue weighted by Crippen LogP contribution is 2.35. The quantitative estimate of drug-likeness (QED) is 0.895. The van der Waals surface area contributed by atoms with Crippen molar-refractivity contribution in [2.24, 2.45) is 11.8 Å². The topological polar surface area (TPSA) is 71.4 Å². The Hall–Kier alpha value is -2.11. The molecule has 0 aromatic carbocycles. The fraction of sp³-hybridized carbons (Fsp3) is 0.632. The van der Waals surface area contributed by atoms with Crippen LogP contribution in [0.15, 0.2) is 23.0 Å². The van der Waals surface area contributed by atoms with Gasteiger partial charge in [-0.05, 0) is 24.3 Å². The van der Waals surface area contributed by atoms with Gasteiger partial charge in [0, 0.05) is 44.2 Å². The molecule has 2 aliphatic heterocycles. The van der Waals surface area contributed by atoms with Crippen molar-refractivity contribution in [3.8, 4) is 0 Å². The van der Waals surface area contributed by atoms with E-state index < -0.39 is 6.04 Å². The average molecular weight is 345 g/mol. The van der Waals surface area contributed by atoms with E-state index in [2.05, 4.69) is 5.32 Å². The fourth-order valence-electron chi connectivity index (χ4n) is 4.18. The zero-order valence-corrected chi connectivity index (χ0v) is 15.2. The van der Waals surface area contributed by atoms with Crippen molar-refractivity contribution in [1.82, 2.24) is 14.8 Å². The molecule has 2 aliphatic rings. The van der Waals surface area contributed by atoms with Gasteiger partial charge in [-0.25, -0.2) is 0 Å². The number of amides is 2. The zero-order chi connectivity index (χ0) is 18.1. The number of nitrogens with one attached hydrogen (secondary N) is 1. The van der Waals surface area contributed by atoms with Crippen molar-refractivity contribution in [3.63, 3.8) is 0 Å². The molecule has 25 heavy (non-hydrogen) atoms. The lowest BCUT2D eigenvalue weighted by atomic mass is 9.82. The summed E-state index contributed by atoms with van der Waals surface area (Å²) in [5, 5.41) is 2.84. The minimum Gasteiger partial charge on any atom is -0.344 e. The number of hydrogen-bond donors (Lipinski definition) is 1. The number of fused-ring (bicyclic) bond motifs is 4. The third-order valence-corrected chi connectivity index (χ3v) is 5.63. The van der Waals surface area contributed by atoms with Crippen molar-refractivity contribution in [2.45, 2.75) is 52.1 Å². The van der Waals surface area contributed by atoms with Crippen LogP contribution in [0.2, 0.25) is 0 Å². The first-order chi connectivity index (χ1) is 11.9. The number of carbonyl (C=O) groups excluding carboxylic acids is 2. The maximum atomic E-state index is 13.1. The summed E-state index contributed by atoms with van der Waals surface area (Å²) in [4.78, 5) is 38.6. The molecule has 1 fully saturated rings. The molecule has 136 valence electrons. The van der Waals surface area contributed by atoms with Crippen LogP contribution in [0.1, 0.15) is 45.2 Å². The summed E-state index contributed by atoms with van der Waals surface area (Å²) < 4.78 is 1.86. The smallest absolute Gasteiger partial charge is 0.250 e. The van der Waals surface area contributed by atoms with E-state index in [1.165, 1.54) is 6.92 Å². The summed E-state index contributed by atoms with van der Waals surface area (Å²) >= 11 is 0.